The largest absolute Gasteiger partial charge is 0.324 e. The van der Waals surface area contributed by atoms with Gasteiger partial charge in [0.05, 0.1) is 16.8 Å². The van der Waals surface area contributed by atoms with Crippen LogP contribution in [0.25, 0.3) is 0 Å². The highest BCUT2D eigenvalue weighted by Crippen LogP contribution is 2.26. The second kappa shape index (κ2) is 11.1. The Kier molecular flexibility index (Phi) is 8.61. The lowest BCUT2D eigenvalue weighted by Crippen LogP contribution is -2.47. The third-order valence-corrected chi connectivity index (χ3v) is 9.49. The molecular weight excluding hydrogens is 486 g/mol. The van der Waals surface area contributed by atoms with Crippen molar-refractivity contribution in [3.63, 3.8) is 0 Å². The number of benzene rings is 2. The maximum atomic E-state index is 13.2. The molecule has 1 saturated heterocycles. The molecule has 0 bridgehead atoms. The van der Waals surface area contributed by atoms with Crippen LogP contribution in [0.2, 0.25) is 0 Å². The molecule has 0 spiro atoms. The van der Waals surface area contributed by atoms with Crippen LogP contribution < -0.4 is 9.62 Å². The monoisotopic (exact) mass is 521 g/mol. The van der Waals surface area contributed by atoms with Crippen molar-refractivity contribution in [3.8, 4) is 0 Å². The van der Waals surface area contributed by atoms with E-state index in [-0.39, 0.29) is 11.3 Å². The number of amides is 1. The third kappa shape index (κ3) is 6.42. The van der Waals surface area contributed by atoms with E-state index in [4.69, 9.17) is 0 Å². The van der Waals surface area contributed by atoms with Crippen molar-refractivity contribution >= 4 is 37.3 Å². The van der Waals surface area contributed by atoms with Crippen LogP contribution in [0, 0.1) is 13.8 Å². The molecule has 3 rings (SSSR count). The molecule has 1 amide bonds. The number of sulfonamides is 2. The van der Waals surface area contributed by atoms with Gasteiger partial charge in [0, 0.05) is 18.8 Å². The number of hydrogen-bond donors (Lipinski definition) is 1. The molecule has 1 atom stereocenters. The van der Waals surface area contributed by atoms with Crippen molar-refractivity contribution in [1.29, 1.82) is 0 Å². The number of nitrogens with zero attached hydrogens (tertiary/aromatic N) is 2. The Labute approximate surface area is 209 Å². The molecule has 0 radical (unpaired) electrons. The molecular formula is C25H35N3O5S2. The number of carbonyl (C=O) groups excluding carboxylic acids is 1. The summed E-state index contributed by atoms with van der Waals surface area (Å²) in [5, 5.41) is 2.76. The van der Waals surface area contributed by atoms with Crippen LogP contribution >= 0.6 is 0 Å². The molecule has 0 saturated carbocycles. The van der Waals surface area contributed by atoms with Gasteiger partial charge in [-0.2, -0.15) is 4.31 Å². The van der Waals surface area contributed by atoms with Gasteiger partial charge in [0.15, 0.2) is 0 Å². The minimum absolute atomic E-state index is 0.178. The standard InChI is InChI=1S/C25H35N3O5S2/c1-5-24(28(34(4,30)31)22-13-10-19(2)20(3)18-22)25(29)26-21-11-14-23(15-12-21)35(32,33)27-16-8-6-7-9-17-27/h10-15,18,24H,5-9,16-17H2,1-4H3,(H,26,29). The van der Waals surface area contributed by atoms with E-state index in [0.717, 1.165) is 47.4 Å². The first-order valence-corrected chi connectivity index (χ1v) is 15.2. The van der Waals surface area contributed by atoms with Gasteiger partial charge < -0.3 is 5.32 Å². The number of aryl methyl sites for hydroxylation is 2. The first kappa shape index (κ1) is 27.2. The Bertz CT molecular complexity index is 1250. The molecule has 2 aromatic carbocycles. The topological polar surface area (TPSA) is 104 Å². The number of anilines is 2. The van der Waals surface area contributed by atoms with Gasteiger partial charge in [-0.3, -0.25) is 9.10 Å². The smallest absolute Gasteiger partial charge is 0.248 e. The Hall–Kier alpha value is -2.43. The molecule has 2 aromatic rings. The summed E-state index contributed by atoms with van der Waals surface area (Å²) in [6.45, 7) is 6.60. The van der Waals surface area contributed by atoms with E-state index >= 15 is 0 Å². The maximum absolute atomic E-state index is 13.2. The molecule has 1 aliphatic heterocycles. The van der Waals surface area contributed by atoms with E-state index in [1.807, 2.05) is 19.9 Å². The fraction of sp³-hybridized carbons (Fsp3) is 0.480. The fourth-order valence-corrected chi connectivity index (χ4v) is 7.01. The average molecular weight is 522 g/mol. The zero-order chi connectivity index (χ0) is 25.8. The molecule has 0 aromatic heterocycles. The van der Waals surface area contributed by atoms with Crippen molar-refractivity contribution in [3.05, 3.63) is 53.6 Å². The van der Waals surface area contributed by atoms with Gasteiger partial charge >= 0.3 is 0 Å². The molecule has 0 aliphatic carbocycles. The zero-order valence-corrected chi connectivity index (χ0v) is 22.5. The van der Waals surface area contributed by atoms with Crippen LogP contribution in [-0.4, -0.2) is 52.4 Å². The van der Waals surface area contributed by atoms with Crippen LogP contribution in [0.5, 0.6) is 0 Å². The second-order valence-electron chi connectivity index (χ2n) is 9.08. The molecule has 192 valence electrons. The van der Waals surface area contributed by atoms with Crippen molar-refractivity contribution < 1.29 is 21.6 Å². The number of rotatable bonds is 8. The number of hydrogen-bond acceptors (Lipinski definition) is 5. The lowest BCUT2D eigenvalue weighted by Gasteiger charge is -2.30. The Morgan fingerprint density at radius 2 is 1.54 bits per heavy atom. The van der Waals surface area contributed by atoms with E-state index in [1.165, 1.54) is 28.6 Å². The molecule has 35 heavy (non-hydrogen) atoms. The average Bonchev–Trinajstić information content (AvgIpc) is 3.09. The van der Waals surface area contributed by atoms with Gasteiger partial charge in [0.25, 0.3) is 0 Å². The maximum Gasteiger partial charge on any atom is 0.248 e. The molecule has 1 heterocycles. The van der Waals surface area contributed by atoms with Crippen LogP contribution in [0.3, 0.4) is 0 Å². The van der Waals surface area contributed by atoms with Crippen molar-refractivity contribution in [2.24, 2.45) is 0 Å². The summed E-state index contributed by atoms with van der Waals surface area (Å²) in [4.78, 5) is 13.4. The van der Waals surface area contributed by atoms with Crippen LogP contribution in [0.1, 0.15) is 50.2 Å². The van der Waals surface area contributed by atoms with E-state index in [0.29, 0.717) is 24.5 Å². The zero-order valence-electron chi connectivity index (χ0n) is 20.8. The molecule has 10 heteroatoms. The van der Waals surface area contributed by atoms with E-state index in [2.05, 4.69) is 5.32 Å². The lowest BCUT2D eigenvalue weighted by atomic mass is 10.1. The highest BCUT2D eigenvalue weighted by atomic mass is 32.2. The third-order valence-electron chi connectivity index (χ3n) is 6.40. The Balaban J connectivity index is 1.82. The molecule has 1 fully saturated rings. The highest BCUT2D eigenvalue weighted by Gasteiger charge is 2.32. The van der Waals surface area contributed by atoms with Gasteiger partial charge in [0.1, 0.15) is 6.04 Å². The number of carbonyl (C=O) groups is 1. The van der Waals surface area contributed by atoms with Gasteiger partial charge in [-0.05, 0) is 80.6 Å². The summed E-state index contributed by atoms with van der Waals surface area (Å²) in [5.41, 5.74) is 2.77. The van der Waals surface area contributed by atoms with Gasteiger partial charge in [0.2, 0.25) is 26.0 Å². The van der Waals surface area contributed by atoms with Crippen LogP contribution in [0.15, 0.2) is 47.4 Å². The van der Waals surface area contributed by atoms with Gasteiger partial charge in [-0.25, -0.2) is 16.8 Å². The Morgan fingerprint density at radius 3 is 2.06 bits per heavy atom. The lowest BCUT2D eigenvalue weighted by molar-refractivity contribution is -0.117. The Morgan fingerprint density at radius 1 is 0.943 bits per heavy atom. The minimum atomic E-state index is -3.75. The van der Waals surface area contributed by atoms with Crippen molar-refractivity contribution in [2.45, 2.75) is 63.8 Å². The van der Waals surface area contributed by atoms with Crippen molar-refractivity contribution in [1.82, 2.24) is 4.31 Å². The summed E-state index contributed by atoms with van der Waals surface area (Å²) < 4.78 is 54.0. The highest BCUT2D eigenvalue weighted by molar-refractivity contribution is 7.92. The minimum Gasteiger partial charge on any atom is -0.324 e. The van der Waals surface area contributed by atoms with Gasteiger partial charge in [-0.1, -0.05) is 25.8 Å². The first-order valence-electron chi connectivity index (χ1n) is 11.9. The SMILES string of the molecule is CCC(C(=O)Nc1ccc(S(=O)(=O)N2CCCCCC2)cc1)N(c1ccc(C)c(C)c1)S(C)(=O)=O. The summed E-state index contributed by atoms with van der Waals surface area (Å²) in [6, 6.07) is 10.4. The summed E-state index contributed by atoms with van der Waals surface area (Å²) in [6.07, 6.45) is 5.10. The van der Waals surface area contributed by atoms with E-state index in [1.54, 1.807) is 19.1 Å². The van der Waals surface area contributed by atoms with E-state index < -0.39 is 32.0 Å². The van der Waals surface area contributed by atoms with Crippen molar-refractivity contribution in [2.75, 3.05) is 29.0 Å². The molecule has 1 N–H and O–H groups in total. The van der Waals surface area contributed by atoms with E-state index in [9.17, 15) is 21.6 Å². The van der Waals surface area contributed by atoms with Crippen LogP contribution in [0.4, 0.5) is 11.4 Å². The van der Waals surface area contributed by atoms with Crippen LogP contribution in [-0.2, 0) is 24.8 Å². The quantitative estimate of drug-likeness (QED) is 0.564. The summed E-state index contributed by atoms with van der Waals surface area (Å²) in [7, 11) is -7.35. The summed E-state index contributed by atoms with van der Waals surface area (Å²) in [5.74, 6) is -0.487. The number of nitrogens with one attached hydrogen (secondary N) is 1. The van der Waals surface area contributed by atoms with Gasteiger partial charge in [-0.15, -0.1) is 0 Å². The molecule has 1 unspecified atom stereocenters. The predicted octanol–water partition coefficient (Wildman–Crippen LogP) is 4.05. The molecule has 1 aliphatic rings. The molecule has 8 nitrogen and oxygen atoms in total. The second-order valence-corrected chi connectivity index (χ2v) is 12.9. The predicted molar refractivity (Wildman–Crippen MR) is 140 cm³/mol. The first-order chi connectivity index (χ1) is 16.4. The normalized spacial score (nSPS) is 16.3. The summed E-state index contributed by atoms with van der Waals surface area (Å²) >= 11 is 0. The fourth-order valence-electron chi connectivity index (χ4n) is 4.29.